The highest BCUT2D eigenvalue weighted by Gasteiger charge is 2.17. The Morgan fingerprint density at radius 2 is 1.00 bits per heavy atom. The van der Waals surface area contributed by atoms with Gasteiger partial charge in [0, 0.05) is 44.7 Å². The fourth-order valence-electron chi connectivity index (χ4n) is 7.41. The highest BCUT2D eigenvalue weighted by atomic mass is 15.0. The lowest BCUT2D eigenvalue weighted by Crippen LogP contribution is -1.94. The Hall–Kier alpha value is -6.52. The van der Waals surface area contributed by atoms with Crippen molar-refractivity contribution >= 4 is 49.3 Å². The van der Waals surface area contributed by atoms with Gasteiger partial charge in [0.05, 0.1) is 45.0 Å². The number of hydrogen-bond acceptors (Lipinski definition) is 2. The molecule has 0 bridgehead atoms. The van der Waals surface area contributed by atoms with Gasteiger partial charge in [-0.15, -0.1) is 0 Å². The van der Waals surface area contributed by atoms with E-state index < -0.39 is 0 Å². The van der Waals surface area contributed by atoms with Gasteiger partial charge in [-0.25, -0.2) is 0 Å². The first-order valence-corrected chi connectivity index (χ1v) is 16.2. The van der Waals surface area contributed by atoms with E-state index in [9.17, 15) is 0 Å². The zero-order valence-electron chi connectivity index (χ0n) is 26.0. The maximum Gasteiger partial charge on any atom is 0.0871 e. The number of hydrogen-bond donors (Lipinski definition) is 0. The van der Waals surface area contributed by atoms with E-state index in [1.54, 1.807) is 0 Å². The van der Waals surface area contributed by atoms with Gasteiger partial charge in [0.15, 0.2) is 0 Å². The van der Waals surface area contributed by atoms with Crippen molar-refractivity contribution in [2.24, 2.45) is 0 Å². The number of pyridine rings is 1. The van der Waals surface area contributed by atoms with Crippen LogP contribution in [0, 0.1) is 0 Å². The van der Waals surface area contributed by atoms with Gasteiger partial charge < -0.3 is 8.97 Å². The largest absolute Gasteiger partial charge is 0.309 e. The van der Waals surface area contributed by atoms with Gasteiger partial charge in [-0.2, -0.15) is 0 Å². The van der Waals surface area contributed by atoms with Gasteiger partial charge in [-0.3, -0.25) is 9.97 Å². The molecule has 0 unspecified atom stereocenters. The predicted molar refractivity (Wildman–Crippen MR) is 199 cm³/mol. The van der Waals surface area contributed by atoms with Crippen molar-refractivity contribution in [3.8, 4) is 39.2 Å². The van der Waals surface area contributed by atoms with Crippen LogP contribution in [0.3, 0.4) is 0 Å². The summed E-state index contributed by atoms with van der Waals surface area (Å²) >= 11 is 0. The van der Waals surface area contributed by atoms with E-state index in [0.29, 0.717) is 0 Å². The number of rotatable bonds is 4. The Balaban J connectivity index is 1.01. The molecular formula is C44H28N4. The topological polar surface area (TPSA) is 35.1 Å². The van der Waals surface area contributed by atoms with Crippen molar-refractivity contribution in [1.29, 1.82) is 0 Å². The summed E-state index contributed by atoms with van der Waals surface area (Å²) in [7, 11) is 0. The van der Waals surface area contributed by atoms with Crippen LogP contribution in [0.1, 0.15) is 0 Å². The lowest BCUT2D eigenvalue weighted by molar-refractivity contribution is 1.18. The van der Waals surface area contributed by atoms with Crippen molar-refractivity contribution < 1.29 is 0 Å². The van der Waals surface area contributed by atoms with Gasteiger partial charge in [0.2, 0.25) is 0 Å². The summed E-state index contributed by atoms with van der Waals surface area (Å²) in [4.78, 5) is 9.75. The second kappa shape index (κ2) is 10.5. The number of fused-ring (bicyclic) bond motifs is 8. The number of para-hydroxylation sites is 5. The average molecular weight is 613 g/mol. The first-order chi connectivity index (χ1) is 23.8. The third-order valence-corrected chi connectivity index (χ3v) is 9.61. The van der Waals surface area contributed by atoms with Crippen LogP contribution in [-0.4, -0.2) is 18.9 Å². The number of aromatic nitrogens is 4. The molecule has 0 aliphatic carbocycles. The molecule has 0 spiro atoms. The fourth-order valence-corrected chi connectivity index (χ4v) is 7.41. The molecule has 4 aromatic heterocycles. The molecule has 0 fully saturated rings. The molecule has 4 heterocycles. The fraction of sp³-hybridized carbons (Fsp3) is 0. The van der Waals surface area contributed by atoms with Crippen molar-refractivity contribution in [3.63, 3.8) is 0 Å². The molecule has 0 aliphatic heterocycles. The lowest BCUT2D eigenvalue weighted by atomic mass is 9.98. The van der Waals surface area contributed by atoms with Crippen LogP contribution in [0.4, 0.5) is 0 Å². The highest BCUT2D eigenvalue weighted by Crippen LogP contribution is 2.38. The number of nitrogens with zero attached hydrogens (tertiary/aromatic N) is 4. The Morgan fingerprint density at radius 1 is 0.375 bits per heavy atom. The van der Waals surface area contributed by atoms with Gasteiger partial charge in [0.1, 0.15) is 0 Å². The molecule has 0 amide bonds. The lowest BCUT2D eigenvalue weighted by Gasteiger charge is -2.10. The molecule has 0 N–H and O–H groups in total. The predicted octanol–water partition coefficient (Wildman–Crippen LogP) is 11.1. The molecule has 0 saturated carbocycles. The van der Waals surface area contributed by atoms with Crippen molar-refractivity contribution in [1.82, 2.24) is 18.9 Å². The Labute approximate surface area is 276 Å². The second-order valence-corrected chi connectivity index (χ2v) is 12.3. The minimum Gasteiger partial charge on any atom is -0.309 e. The quantitative estimate of drug-likeness (QED) is 0.198. The molecule has 48 heavy (non-hydrogen) atoms. The summed E-state index contributed by atoms with van der Waals surface area (Å²) in [6.45, 7) is 0. The van der Waals surface area contributed by atoms with Crippen LogP contribution in [0.5, 0.6) is 0 Å². The smallest absolute Gasteiger partial charge is 0.0871 e. The molecule has 0 radical (unpaired) electrons. The van der Waals surface area contributed by atoms with Crippen LogP contribution >= 0.6 is 0 Å². The summed E-state index contributed by atoms with van der Waals surface area (Å²) in [5.41, 5.74) is 14.5. The molecule has 4 nitrogen and oxygen atoms in total. The maximum absolute atomic E-state index is 4.92. The van der Waals surface area contributed by atoms with Crippen LogP contribution in [0.25, 0.3) is 88.5 Å². The van der Waals surface area contributed by atoms with Crippen LogP contribution in [-0.2, 0) is 0 Å². The zero-order valence-corrected chi connectivity index (χ0v) is 26.0. The normalized spacial score (nSPS) is 11.8. The first kappa shape index (κ1) is 26.7. The van der Waals surface area contributed by atoms with E-state index in [1.165, 1.54) is 38.3 Å². The van der Waals surface area contributed by atoms with Crippen LogP contribution < -0.4 is 0 Å². The Morgan fingerprint density at radius 3 is 1.73 bits per heavy atom. The molecule has 4 heteroatoms. The van der Waals surface area contributed by atoms with E-state index in [4.69, 9.17) is 9.97 Å². The van der Waals surface area contributed by atoms with Crippen molar-refractivity contribution in [2.75, 3.05) is 0 Å². The second-order valence-electron chi connectivity index (χ2n) is 12.3. The Kier molecular flexibility index (Phi) is 5.84. The summed E-state index contributed by atoms with van der Waals surface area (Å²) in [5, 5.41) is 3.75. The monoisotopic (exact) mass is 612 g/mol. The van der Waals surface area contributed by atoms with Crippen molar-refractivity contribution in [2.45, 2.75) is 0 Å². The molecule has 0 atom stereocenters. The van der Waals surface area contributed by atoms with E-state index in [1.807, 2.05) is 18.5 Å². The molecule has 0 saturated heterocycles. The van der Waals surface area contributed by atoms with Gasteiger partial charge in [0.25, 0.3) is 0 Å². The van der Waals surface area contributed by atoms with Gasteiger partial charge >= 0.3 is 0 Å². The van der Waals surface area contributed by atoms with Crippen LogP contribution in [0.15, 0.2) is 170 Å². The van der Waals surface area contributed by atoms with Gasteiger partial charge in [-0.05, 0) is 65.7 Å². The van der Waals surface area contributed by atoms with Crippen LogP contribution in [0.2, 0.25) is 0 Å². The molecule has 10 aromatic rings. The maximum atomic E-state index is 4.92. The summed E-state index contributed by atoms with van der Waals surface area (Å²) in [6.07, 6.45) is 3.99. The van der Waals surface area contributed by atoms with E-state index in [-0.39, 0.29) is 0 Å². The minimum atomic E-state index is 0.950. The van der Waals surface area contributed by atoms with E-state index in [2.05, 4.69) is 161 Å². The molecule has 0 aliphatic rings. The Bertz CT molecular complexity index is 2770. The minimum absolute atomic E-state index is 0.950. The van der Waals surface area contributed by atoms with E-state index in [0.717, 1.165) is 50.2 Å². The standard InChI is InChI=1S/C44H28N4/c1-5-16-39-34(12-1)35-13-2-6-17-40(35)47(39)33-23-20-29(21-24-33)37-25-22-32(27-45-37)30-10-9-11-31(26-30)44-36-14-3-7-18-41(36)48-42-19-8-4-15-38(42)46-28-43(44)48/h1-28H. The third kappa shape index (κ3) is 4.03. The third-order valence-electron chi connectivity index (χ3n) is 9.61. The summed E-state index contributed by atoms with van der Waals surface area (Å²) in [5.74, 6) is 0. The van der Waals surface area contributed by atoms with Gasteiger partial charge in [-0.1, -0.05) is 103 Å². The molecule has 224 valence electrons. The molecular weight excluding hydrogens is 585 g/mol. The SMILES string of the molecule is c1cc(-c2ccc(-c3ccc(-n4c5ccccc5c5ccccc54)cc3)nc2)cc(-c2c3ccccc3n3c2cnc2ccccc23)c1. The zero-order chi connectivity index (χ0) is 31.6. The number of benzene rings is 6. The average Bonchev–Trinajstić information content (AvgIpc) is 3.68. The highest BCUT2D eigenvalue weighted by molar-refractivity contribution is 6.10. The summed E-state index contributed by atoms with van der Waals surface area (Å²) < 4.78 is 4.68. The van der Waals surface area contributed by atoms with Crippen molar-refractivity contribution in [3.05, 3.63) is 170 Å². The molecule has 6 aromatic carbocycles. The van der Waals surface area contributed by atoms with E-state index >= 15 is 0 Å². The summed E-state index contributed by atoms with van der Waals surface area (Å²) in [6, 6.07) is 56.0. The first-order valence-electron chi connectivity index (χ1n) is 16.2. The molecule has 10 rings (SSSR count).